The summed E-state index contributed by atoms with van der Waals surface area (Å²) >= 11 is 0. The molecule has 0 saturated heterocycles. The third-order valence-corrected chi connectivity index (χ3v) is 5.01. The topological polar surface area (TPSA) is 56.9 Å². The minimum absolute atomic E-state index is 0.453. The quantitative estimate of drug-likeness (QED) is 0.631. The van der Waals surface area contributed by atoms with E-state index in [1.807, 2.05) is 35.6 Å². The van der Waals surface area contributed by atoms with Crippen molar-refractivity contribution < 1.29 is 4.74 Å². The molecule has 21 heavy (non-hydrogen) atoms. The Morgan fingerprint density at radius 3 is 2.71 bits per heavy atom. The van der Waals surface area contributed by atoms with Crippen LogP contribution in [0.3, 0.4) is 0 Å². The number of nitrogens with one attached hydrogen (secondary N) is 1. The lowest BCUT2D eigenvalue weighted by molar-refractivity contribution is 0.0782. The molecule has 0 aliphatic rings. The minimum Gasteiger partial charge on any atom is -0.373 e. The minimum atomic E-state index is -1.05. The molecule has 116 valence electrons. The van der Waals surface area contributed by atoms with Crippen molar-refractivity contribution in [3.05, 3.63) is 24.0 Å². The maximum Gasteiger partial charge on any atom is 0.156 e. The molecule has 2 aromatic heterocycles. The second kappa shape index (κ2) is 6.44. The van der Waals surface area contributed by atoms with E-state index in [0.29, 0.717) is 6.73 Å². The predicted octanol–water partition coefficient (Wildman–Crippen LogP) is 2.73. The van der Waals surface area contributed by atoms with E-state index in [-0.39, 0.29) is 0 Å². The van der Waals surface area contributed by atoms with Crippen molar-refractivity contribution in [3.8, 4) is 5.82 Å². The second-order valence-corrected chi connectivity index (χ2v) is 12.0. The van der Waals surface area contributed by atoms with Gasteiger partial charge >= 0.3 is 0 Å². The zero-order chi connectivity index (χ0) is 15.5. The lowest BCUT2D eigenvalue weighted by atomic mass is 10.4. The van der Waals surface area contributed by atoms with Gasteiger partial charge in [-0.25, -0.2) is 4.68 Å². The van der Waals surface area contributed by atoms with E-state index < -0.39 is 8.07 Å². The van der Waals surface area contributed by atoms with E-state index in [1.165, 1.54) is 0 Å². The van der Waals surface area contributed by atoms with Crippen LogP contribution in [0.2, 0.25) is 25.7 Å². The molecule has 0 unspecified atom stereocenters. The number of hydrogen-bond acceptors (Lipinski definition) is 4. The number of nitrogens with zero attached hydrogens (tertiary/aromatic N) is 4. The van der Waals surface area contributed by atoms with Gasteiger partial charge in [0.05, 0.1) is 12.4 Å². The summed E-state index contributed by atoms with van der Waals surface area (Å²) in [4.78, 5) is 0. The number of hydrogen-bond donors (Lipinski definition) is 1. The Hall–Kier alpha value is -1.60. The average molecular weight is 307 g/mol. The number of aromatic nitrogens is 4. The highest BCUT2D eigenvalue weighted by Gasteiger charge is 2.14. The van der Waals surface area contributed by atoms with Gasteiger partial charge in [-0.1, -0.05) is 19.6 Å². The summed E-state index contributed by atoms with van der Waals surface area (Å²) in [6.07, 6.45) is 3.61. The van der Waals surface area contributed by atoms with Crippen molar-refractivity contribution in [2.75, 3.05) is 19.0 Å². The van der Waals surface area contributed by atoms with Crippen LogP contribution >= 0.6 is 0 Å². The molecule has 0 bridgehead atoms. The average Bonchev–Trinajstić information content (AvgIpc) is 2.99. The first-order valence-corrected chi connectivity index (χ1v) is 11.0. The monoisotopic (exact) mass is 307 g/mol. The molecule has 0 saturated carbocycles. The van der Waals surface area contributed by atoms with Gasteiger partial charge in [-0.05, 0) is 13.0 Å². The van der Waals surface area contributed by atoms with E-state index in [2.05, 4.69) is 35.2 Å². The van der Waals surface area contributed by atoms with Crippen LogP contribution in [0.1, 0.15) is 5.56 Å². The standard InChI is InChI=1S/C14H25N5OSi/c1-12-10-17-19(14(12)15-2)13-6-7-16-18(13)11-20-8-9-21(3,4)5/h6-7,10,15H,8-9,11H2,1-5H3. The Morgan fingerprint density at radius 2 is 2.05 bits per heavy atom. The molecule has 0 aromatic carbocycles. The molecule has 0 fully saturated rings. The number of ether oxygens (including phenoxy) is 1. The maximum absolute atomic E-state index is 5.77. The lowest BCUT2D eigenvalue weighted by Crippen LogP contribution is -2.22. The molecule has 0 amide bonds. The third kappa shape index (κ3) is 3.95. The van der Waals surface area contributed by atoms with Crippen LogP contribution in [0, 0.1) is 6.92 Å². The molecule has 0 aliphatic carbocycles. The van der Waals surface area contributed by atoms with Crippen LogP contribution in [0.5, 0.6) is 0 Å². The van der Waals surface area contributed by atoms with Crippen LogP contribution in [0.15, 0.2) is 18.5 Å². The molecular formula is C14H25N5OSi. The van der Waals surface area contributed by atoms with Crippen molar-refractivity contribution in [3.63, 3.8) is 0 Å². The van der Waals surface area contributed by atoms with Gasteiger partial charge in [0.15, 0.2) is 5.82 Å². The van der Waals surface area contributed by atoms with Crippen molar-refractivity contribution in [1.29, 1.82) is 0 Å². The van der Waals surface area contributed by atoms with E-state index in [9.17, 15) is 0 Å². The van der Waals surface area contributed by atoms with Crippen LogP contribution < -0.4 is 5.32 Å². The summed E-state index contributed by atoms with van der Waals surface area (Å²) in [5, 5.41) is 11.9. The first kappa shape index (κ1) is 15.8. The van der Waals surface area contributed by atoms with Gasteiger partial charge in [-0.15, -0.1) is 0 Å². The van der Waals surface area contributed by atoms with Gasteiger partial charge in [-0.2, -0.15) is 14.9 Å². The first-order chi connectivity index (χ1) is 9.92. The molecule has 0 atom stereocenters. The fourth-order valence-electron chi connectivity index (χ4n) is 2.04. The fraction of sp³-hybridized carbons (Fsp3) is 0.571. The Morgan fingerprint density at radius 1 is 1.29 bits per heavy atom. The zero-order valence-electron chi connectivity index (χ0n) is 13.6. The zero-order valence-corrected chi connectivity index (χ0v) is 14.6. The highest BCUT2D eigenvalue weighted by atomic mass is 28.3. The van der Waals surface area contributed by atoms with Crippen molar-refractivity contribution in [2.45, 2.75) is 39.3 Å². The molecule has 7 heteroatoms. The van der Waals surface area contributed by atoms with Gasteiger partial charge in [0.2, 0.25) is 0 Å². The van der Waals surface area contributed by atoms with Gasteiger partial charge in [-0.3, -0.25) is 0 Å². The number of anilines is 1. The number of aryl methyl sites for hydroxylation is 1. The Balaban J connectivity index is 2.05. The Labute approximate surface area is 127 Å². The molecule has 0 spiro atoms. The third-order valence-electron chi connectivity index (χ3n) is 3.31. The van der Waals surface area contributed by atoms with Gasteiger partial charge in [0.1, 0.15) is 12.5 Å². The first-order valence-electron chi connectivity index (χ1n) is 7.25. The molecular weight excluding hydrogens is 282 g/mol. The summed E-state index contributed by atoms with van der Waals surface area (Å²) in [5.41, 5.74) is 1.10. The van der Waals surface area contributed by atoms with Crippen LogP contribution in [0.4, 0.5) is 5.82 Å². The highest BCUT2D eigenvalue weighted by molar-refractivity contribution is 6.76. The summed E-state index contributed by atoms with van der Waals surface area (Å²) in [5.74, 6) is 1.87. The lowest BCUT2D eigenvalue weighted by Gasteiger charge is -2.16. The van der Waals surface area contributed by atoms with Gasteiger partial charge in [0.25, 0.3) is 0 Å². The normalized spacial score (nSPS) is 11.9. The maximum atomic E-state index is 5.77. The molecule has 6 nitrogen and oxygen atoms in total. The van der Waals surface area contributed by atoms with Gasteiger partial charge < -0.3 is 10.1 Å². The summed E-state index contributed by atoms with van der Waals surface area (Å²) in [6, 6.07) is 3.10. The smallest absolute Gasteiger partial charge is 0.156 e. The highest BCUT2D eigenvalue weighted by Crippen LogP contribution is 2.18. The van der Waals surface area contributed by atoms with Crippen LogP contribution in [0.25, 0.3) is 5.82 Å². The molecule has 0 radical (unpaired) electrons. The van der Waals surface area contributed by atoms with E-state index in [1.54, 1.807) is 6.20 Å². The molecule has 0 aliphatic heterocycles. The van der Waals surface area contributed by atoms with E-state index in [0.717, 1.165) is 29.9 Å². The van der Waals surface area contributed by atoms with Crippen molar-refractivity contribution in [2.24, 2.45) is 0 Å². The molecule has 1 N–H and O–H groups in total. The molecule has 2 aromatic rings. The van der Waals surface area contributed by atoms with Crippen LogP contribution in [-0.2, 0) is 11.5 Å². The second-order valence-electron chi connectivity index (χ2n) is 6.37. The fourth-order valence-corrected chi connectivity index (χ4v) is 2.80. The largest absolute Gasteiger partial charge is 0.373 e. The number of rotatable bonds is 7. The SMILES string of the molecule is CNc1c(C)cnn1-c1ccnn1COCC[Si](C)(C)C. The van der Waals surface area contributed by atoms with Gasteiger partial charge in [0, 0.05) is 33.4 Å². The summed E-state index contributed by atoms with van der Waals surface area (Å²) in [6.45, 7) is 10.3. The molecule has 2 heterocycles. The summed E-state index contributed by atoms with van der Waals surface area (Å²) < 4.78 is 9.45. The summed E-state index contributed by atoms with van der Waals surface area (Å²) in [7, 11) is 0.844. The van der Waals surface area contributed by atoms with Crippen molar-refractivity contribution in [1.82, 2.24) is 19.6 Å². The van der Waals surface area contributed by atoms with E-state index in [4.69, 9.17) is 4.74 Å². The van der Waals surface area contributed by atoms with Crippen LogP contribution in [-0.4, -0.2) is 41.3 Å². The Bertz CT molecular complexity index is 584. The van der Waals surface area contributed by atoms with Crippen molar-refractivity contribution >= 4 is 13.9 Å². The predicted molar refractivity (Wildman–Crippen MR) is 87.7 cm³/mol. The van der Waals surface area contributed by atoms with E-state index >= 15 is 0 Å². The molecule has 2 rings (SSSR count). The Kier molecular flexibility index (Phi) is 4.84.